The summed E-state index contributed by atoms with van der Waals surface area (Å²) in [6.45, 7) is 3.04. The van der Waals surface area contributed by atoms with E-state index in [1.807, 2.05) is 11.8 Å². The fourth-order valence-corrected chi connectivity index (χ4v) is 4.41. The Balaban J connectivity index is 1.87. The van der Waals surface area contributed by atoms with Gasteiger partial charge in [0.05, 0.1) is 24.2 Å². The Kier molecular flexibility index (Phi) is 4.30. The molecular weight excluding hydrogens is 368 g/mol. The van der Waals surface area contributed by atoms with Crippen molar-refractivity contribution in [1.29, 1.82) is 0 Å². The summed E-state index contributed by atoms with van der Waals surface area (Å²) in [4.78, 5) is 52.4. The van der Waals surface area contributed by atoms with Gasteiger partial charge in [0.2, 0.25) is 11.8 Å². The van der Waals surface area contributed by atoms with Gasteiger partial charge in [0.1, 0.15) is 0 Å². The maximum Gasteiger partial charge on any atom is 0.330 e. The highest BCUT2D eigenvalue weighted by molar-refractivity contribution is 6.20. The summed E-state index contributed by atoms with van der Waals surface area (Å²) in [6, 6.07) is 3.16. The lowest BCUT2D eigenvalue weighted by molar-refractivity contribution is -0.384. The van der Waals surface area contributed by atoms with E-state index < -0.39 is 34.2 Å². The van der Waals surface area contributed by atoms with Crippen LogP contribution in [0.15, 0.2) is 18.2 Å². The summed E-state index contributed by atoms with van der Waals surface area (Å²) in [5.41, 5.74) is -0.373. The number of imide groups is 2. The molecule has 3 aliphatic heterocycles. The monoisotopic (exact) mass is 388 g/mol. The Morgan fingerprint density at radius 2 is 2.14 bits per heavy atom. The molecule has 3 aliphatic rings. The van der Waals surface area contributed by atoms with E-state index in [1.165, 1.54) is 12.1 Å². The third kappa shape index (κ3) is 2.48. The molecule has 1 N–H and O–H groups in total. The molecule has 0 saturated carbocycles. The Bertz CT molecular complexity index is 887. The van der Waals surface area contributed by atoms with Crippen LogP contribution >= 0.6 is 0 Å². The third-order valence-electron chi connectivity index (χ3n) is 5.69. The molecule has 0 bridgehead atoms. The predicted octanol–water partition coefficient (Wildman–Crippen LogP) is 0.831. The number of barbiturate groups is 1. The summed E-state index contributed by atoms with van der Waals surface area (Å²) < 4.78 is 5.58. The quantitative estimate of drug-likeness (QED) is 0.462. The molecule has 3 heterocycles. The predicted molar refractivity (Wildman–Crippen MR) is 96.7 cm³/mol. The van der Waals surface area contributed by atoms with E-state index in [4.69, 9.17) is 4.74 Å². The zero-order valence-corrected chi connectivity index (χ0v) is 15.3. The van der Waals surface area contributed by atoms with E-state index >= 15 is 0 Å². The van der Waals surface area contributed by atoms with Crippen molar-refractivity contribution >= 4 is 29.2 Å². The number of urea groups is 1. The highest BCUT2D eigenvalue weighted by Crippen LogP contribution is 2.46. The van der Waals surface area contributed by atoms with Crippen molar-refractivity contribution in [1.82, 2.24) is 10.2 Å². The minimum atomic E-state index is -1.56. The second-order valence-corrected chi connectivity index (χ2v) is 7.22. The molecule has 1 aromatic rings. The summed E-state index contributed by atoms with van der Waals surface area (Å²) in [5, 5.41) is 13.5. The lowest BCUT2D eigenvalue weighted by Crippen LogP contribution is -2.73. The smallest absolute Gasteiger partial charge is 0.330 e. The minimum absolute atomic E-state index is 0.0211. The lowest BCUT2D eigenvalue weighted by atomic mass is 9.68. The number of hydrogen-bond acceptors (Lipinski definition) is 7. The molecule has 1 spiro atoms. The summed E-state index contributed by atoms with van der Waals surface area (Å²) in [6.07, 6.45) is 0.531. The topological polar surface area (TPSA) is 122 Å². The van der Waals surface area contributed by atoms with E-state index in [-0.39, 0.29) is 25.3 Å². The number of rotatable bonds is 3. The Morgan fingerprint density at radius 1 is 1.36 bits per heavy atom. The molecule has 28 heavy (non-hydrogen) atoms. The molecule has 2 saturated heterocycles. The van der Waals surface area contributed by atoms with Crippen molar-refractivity contribution in [3.05, 3.63) is 33.9 Å². The molecule has 1 aromatic carbocycles. The summed E-state index contributed by atoms with van der Waals surface area (Å²) in [7, 11) is 0. The number of ether oxygens (including phenoxy) is 1. The standard InChI is InChI=1S/C18H20N4O6/c1-2-5-21-16(24)18(15(23)19-17(21)25)9-11-8-12(22(26)27)3-4-13(11)20-6-7-28-10-14(18)20/h3-4,8,14H,2,5-7,9-10H2,1H3,(H,19,23,25)/t14-,18+/m1/s1. The number of nitro benzene ring substituents is 1. The number of fused-ring (bicyclic) bond motifs is 4. The van der Waals surface area contributed by atoms with Crippen molar-refractivity contribution in [3.63, 3.8) is 0 Å². The molecule has 148 valence electrons. The van der Waals surface area contributed by atoms with Crippen LogP contribution in [0.3, 0.4) is 0 Å². The average molecular weight is 388 g/mol. The first-order valence-electron chi connectivity index (χ1n) is 9.19. The number of carbonyl (C=O) groups excluding carboxylic acids is 3. The highest BCUT2D eigenvalue weighted by atomic mass is 16.6. The van der Waals surface area contributed by atoms with Crippen molar-refractivity contribution in [2.75, 3.05) is 31.2 Å². The molecule has 10 nitrogen and oxygen atoms in total. The first-order valence-corrected chi connectivity index (χ1v) is 9.19. The number of hydrogen-bond donors (Lipinski definition) is 1. The number of nitro groups is 1. The number of non-ortho nitro benzene ring substituents is 1. The Hall–Kier alpha value is -3.01. The van der Waals surface area contributed by atoms with Gasteiger partial charge in [-0.05, 0) is 18.1 Å². The van der Waals surface area contributed by atoms with E-state index in [1.54, 1.807) is 6.07 Å². The first kappa shape index (κ1) is 18.4. The number of nitrogens with one attached hydrogen (secondary N) is 1. The minimum Gasteiger partial charge on any atom is -0.377 e. The van der Waals surface area contributed by atoms with Crippen LogP contribution in [0, 0.1) is 15.5 Å². The van der Waals surface area contributed by atoms with Crippen LogP contribution < -0.4 is 10.2 Å². The van der Waals surface area contributed by atoms with Crippen LogP contribution in [0.5, 0.6) is 0 Å². The van der Waals surface area contributed by atoms with E-state index in [0.717, 1.165) is 10.6 Å². The zero-order chi connectivity index (χ0) is 20.1. The number of carbonyl (C=O) groups is 3. The van der Waals surface area contributed by atoms with Crippen LogP contribution in [0.2, 0.25) is 0 Å². The van der Waals surface area contributed by atoms with Gasteiger partial charge in [0.15, 0.2) is 5.41 Å². The van der Waals surface area contributed by atoms with Crippen molar-refractivity contribution in [2.45, 2.75) is 25.8 Å². The normalized spacial score (nSPS) is 26.8. The number of morpholine rings is 1. The average Bonchev–Trinajstić information content (AvgIpc) is 2.69. The Morgan fingerprint density at radius 3 is 2.86 bits per heavy atom. The van der Waals surface area contributed by atoms with Gasteiger partial charge in [-0.15, -0.1) is 0 Å². The van der Waals surface area contributed by atoms with Gasteiger partial charge in [-0.2, -0.15) is 0 Å². The number of anilines is 1. The molecule has 10 heteroatoms. The van der Waals surface area contributed by atoms with Crippen LogP contribution in [0.1, 0.15) is 18.9 Å². The maximum atomic E-state index is 13.4. The van der Waals surface area contributed by atoms with Crippen LogP contribution in [0.4, 0.5) is 16.2 Å². The van der Waals surface area contributed by atoms with E-state index in [9.17, 15) is 24.5 Å². The first-order chi connectivity index (χ1) is 13.4. The molecule has 2 fully saturated rings. The highest BCUT2D eigenvalue weighted by Gasteiger charge is 2.62. The summed E-state index contributed by atoms with van der Waals surface area (Å²) in [5.74, 6) is -1.24. The largest absolute Gasteiger partial charge is 0.377 e. The second kappa shape index (κ2) is 6.55. The number of benzene rings is 1. The van der Waals surface area contributed by atoms with Crippen LogP contribution in [0.25, 0.3) is 0 Å². The van der Waals surface area contributed by atoms with Gasteiger partial charge < -0.3 is 9.64 Å². The van der Waals surface area contributed by atoms with Gasteiger partial charge in [0.25, 0.3) is 5.69 Å². The fraction of sp³-hybridized carbons (Fsp3) is 0.500. The zero-order valence-electron chi connectivity index (χ0n) is 15.3. The van der Waals surface area contributed by atoms with Gasteiger partial charge in [0, 0.05) is 37.3 Å². The molecule has 0 aromatic heterocycles. The fourth-order valence-electron chi connectivity index (χ4n) is 4.41. The molecule has 4 rings (SSSR count). The van der Waals surface area contributed by atoms with Crippen LogP contribution in [-0.2, 0) is 20.7 Å². The maximum absolute atomic E-state index is 13.4. The molecule has 0 unspecified atom stereocenters. The summed E-state index contributed by atoms with van der Waals surface area (Å²) >= 11 is 0. The van der Waals surface area contributed by atoms with E-state index in [0.29, 0.717) is 25.1 Å². The molecule has 0 aliphatic carbocycles. The van der Waals surface area contributed by atoms with Crippen molar-refractivity contribution < 1.29 is 24.0 Å². The lowest BCUT2D eigenvalue weighted by Gasteiger charge is -2.53. The van der Waals surface area contributed by atoms with Crippen molar-refractivity contribution in [3.8, 4) is 0 Å². The molecular formula is C18H20N4O6. The SMILES string of the molecule is CCCN1C(=O)NC(=O)[C@@]2(Cc3cc([N+](=O)[O-])ccc3N3CCOC[C@@H]32)C1=O. The van der Waals surface area contributed by atoms with Gasteiger partial charge in [-0.1, -0.05) is 6.92 Å². The van der Waals surface area contributed by atoms with Crippen molar-refractivity contribution in [2.24, 2.45) is 5.41 Å². The molecule has 0 radical (unpaired) electrons. The van der Waals surface area contributed by atoms with Gasteiger partial charge >= 0.3 is 6.03 Å². The van der Waals surface area contributed by atoms with Gasteiger partial charge in [-0.25, -0.2) is 4.79 Å². The Labute approximate surface area is 160 Å². The third-order valence-corrected chi connectivity index (χ3v) is 5.69. The van der Waals surface area contributed by atoms with Crippen LogP contribution in [-0.4, -0.2) is 60.0 Å². The van der Waals surface area contributed by atoms with E-state index in [2.05, 4.69) is 5.32 Å². The molecule has 4 amide bonds. The molecule has 2 atom stereocenters. The number of nitrogens with zero attached hydrogens (tertiary/aromatic N) is 3. The second-order valence-electron chi connectivity index (χ2n) is 7.22. The number of amides is 4. The van der Waals surface area contributed by atoms with Gasteiger partial charge in [-0.3, -0.25) is 29.9 Å².